The molecule has 4 nitrogen and oxygen atoms in total. The number of hydrogen-bond acceptors (Lipinski definition) is 3. The Kier molecular flexibility index (Phi) is 3.30. The number of hydrogen-bond donors (Lipinski definition) is 2. The number of benzene rings is 1. The molecule has 0 amide bonds. The van der Waals surface area contributed by atoms with Crippen molar-refractivity contribution in [2.45, 2.75) is 38.1 Å². The van der Waals surface area contributed by atoms with Crippen LogP contribution in [0.1, 0.15) is 26.3 Å². The summed E-state index contributed by atoms with van der Waals surface area (Å²) in [4.78, 5) is 0.238. The second-order valence-corrected chi connectivity index (χ2v) is 6.53. The summed E-state index contributed by atoms with van der Waals surface area (Å²) >= 11 is 0. The van der Waals surface area contributed by atoms with Crippen LogP contribution in [0.25, 0.3) is 0 Å². The van der Waals surface area contributed by atoms with E-state index in [1.165, 1.54) is 6.07 Å². The summed E-state index contributed by atoms with van der Waals surface area (Å²) in [5.41, 5.74) is 6.22. The minimum absolute atomic E-state index is 0.238. The highest BCUT2D eigenvalue weighted by Gasteiger charge is 2.23. The first-order valence-corrected chi connectivity index (χ1v) is 6.50. The topological polar surface area (TPSA) is 72.2 Å². The standard InChI is InChI=1S/C11H18N2O2S/c1-8-5-6-9(12)7-10(8)16(14,15)13-11(2,3)4/h5-7,13H,12H2,1-4H3. The van der Waals surface area contributed by atoms with Gasteiger partial charge in [0.1, 0.15) is 0 Å². The zero-order chi connectivity index (χ0) is 12.6. The van der Waals surface area contributed by atoms with Crippen molar-refractivity contribution in [3.8, 4) is 0 Å². The molecular formula is C11H18N2O2S. The monoisotopic (exact) mass is 242 g/mol. The second-order valence-electron chi connectivity index (χ2n) is 4.88. The number of nitrogens with two attached hydrogens (primary N) is 1. The average molecular weight is 242 g/mol. The van der Waals surface area contributed by atoms with Gasteiger partial charge >= 0.3 is 0 Å². The lowest BCUT2D eigenvalue weighted by Crippen LogP contribution is -2.40. The summed E-state index contributed by atoms with van der Waals surface area (Å²) in [5.74, 6) is 0. The largest absolute Gasteiger partial charge is 0.399 e. The number of nitrogens with one attached hydrogen (secondary N) is 1. The Labute approximate surface area is 96.9 Å². The minimum Gasteiger partial charge on any atom is -0.399 e. The summed E-state index contributed by atoms with van der Waals surface area (Å²) in [7, 11) is -3.50. The van der Waals surface area contributed by atoms with Crippen LogP contribution in [0.15, 0.2) is 23.1 Å². The molecule has 0 heterocycles. The summed E-state index contributed by atoms with van der Waals surface area (Å²) in [6.07, 6.45) is 0. The van der Waals surface area contributed by atoms with E-state index in [0.717, 1.165) is 0 Å². The van der Waals surface area contributed by atoms with Gasteiger partial charge in [-0.1, -0.05) is 6.07 Å². The zero-order valence-electron chi connectivity index (χ0n) is 10.0. The van der Waals surface area contributed by atoms with Crippen molar-refractivity contribution in [3.63, 3.8) is 0 Å². The fraction of sp³-hybridized carbons (Fsp3) is 0.455. The molecule has 1 aromatic rings. The number of nitrogen functional groups attached to an aromatic ring is 1. The summed E-state index contributed by atoms with van der Waals surface area (Å²) < 4.78 is 26.7. The van der Waals surface area contributed by atoms with Gasteiger partial charge in [-0.05, 0) is 45.4 Å². The van der Waals surface area contributed by atoms with Crippen LogP contribution < -0.4 is 10.5 Å². The first-order valence-electron chi connectivity index (χ1n) is 5.02. The lowest BCUT2D eigenvalue weighted by atomic mass is 10.1. The van der Waals surface area contributed by atoms with E-state index in [4.69, 9.17) is 5.73 Å². The second kappa shape index (κ2) is 4.07. The molecule has 0 unspecified atom stereocenters. The van der Waals surface area contributed by atoms with Gasteiger partial charge in [0.2, 0.25) is 10.0 Å². The molecule has 0 saturated heterocycles. The third kappa shape index (κ3) is 3.21. The number of anilines is 1. The van der Waals surface area contributed by atoms with Gasteiger partial charge in [0.15, 0.2) is 0 Å². The van der Waals surface area contributed by atoms with Crippen LogP contribution in [0.3, 0.4) is 0 Å². The van der Waals surface area contributed by atoms with Crippen LogP contribution in [0, 0.1) is 6.92 Å². The van der Waals surface area contributed by atoms with Crippen LogP contribution in [-0.2, 0) is 10.0 Å². The van der Waals surface area contributed by atoms with Gasteiger partial charge < -0.3 is 5.73 Å². The van der Waals surface area contributed by atoms with E-state index in [2.05, 4.69) is 4.72 Å². The molecule has 0 spiro atoms. The van der Waals surface area contributed by atoms with Gasteiger partial charge in [-0.2, -0.15) is 0 Å². The maximum Gasteiger partial charge on any atom is 0.241 e. The van der Waals surface area contributed by atoms with Crippen molar-refractivity contribution in [1.82, 2.24) is 4.72 Å². The van der Waals surface area contributed by atoms with Gasteiger partial charge in [-0.15, -0.1) is 0 Å². The van der Waals surface area contributed by atoms with Crippen molar-refractivity contribution in [2.75, 3.05) is 5.73 Å². The van der Waals surface area contributed by atoms with E-state index >= 15 is 0 Å². The molecule has 16 heavy (non-hydrogen) atoms. The predicted octanol–water partition coefficient (Wildman–Crippen LogP) is 1.65. The van der Waals surface area contributed by atoms with Crippen molar-refractivity contribution in [3.05, 3.63) is 23.8 Å². The SMILES string of the molecule is Cc1ccc(N)cc1S(=O)(=O)NC(C)(C)C. The van der Waals surface area contributed by atoms with Gasteiger partial charge in [0, 0.05) is 11.2 Å². The van der Waals surface area contributed by atoms with Crippen LogP contribution in [0.2, 0.25) is 0 Å². The molecule has 1 aromatic carbocycles. The first kappa shape index (κ1) is 13.0. The maximum absolute atomic E-state index is 12.1. The maximum atomic E-state index is 12.1. The predicted molar refractivity (Wildman–Crippen MR) is 65.7 cm³/mol. The molecule has 0 aliphatic carbocycles. The third-order valence-electron chi connectivity index (χ3n) is 1.94. The molecule has 0 fully saturated rings. The summed E-state index contributed by atoms with van der Waals surface area (Å²) in [6, 6.07) is 4.86. The van der Waals surface area contributed by atoms with Crippen molar-refractivity contribution in [1.29, 1.82) is 0 Å². The normalized spacial score (nSPS) is 12.8. The number of aryl methyl sites for hydroxylation is 1. The molecule has 0 saturated carbocycles. The average Bonchev–Trinajstić information content (AvgIpc) is 2.04. The van der Waals surface area contributed by atoms with E-state index in [1.54, 1.807) is 39.8 Å². The zero-order valence-corrected chi connectivity index (χ0v) is 10.9. The smallest absolute Gasteiger partial charge is 0.241 e. The molecule has 5 heteroatoms. The Morgan fingerprint density at radius 1 is 1.25 bits per heavy atom. The Morgan fingerprint density at radius 2 is 1.81 bits per heavy atom. The van der Waals surface area contributed by atoms with Crippen LogP contribution in [0.4, 0.5) is 5.69 Å². The van der Waals surface area contributed by atoms with Gasteiger partial charge in [-0.3, -0.25) is 0 Å². The lowest BCUT2D eigenvalue weighted by Gasteiger charge is -2.21. The lowest BCUT2D eigenvalue weighted by molar-refractivity contribution is 0.491. The highest BCUT2D eigenvalue weighted by molar-refractivity contribution is 7.89. The minimum atomic E-state index is -3.50. The van der Waals surface area contributed by atoms with E-state index in [1.807, 2.05) is 0 Å². The Hall–Kier alpha value is -1.07. The molecule has 1 rings (SSSR count). The third-order valence-corrected chi connectivity index (χ3v) is 3.84. The molecule has 3 N–H and O–H groups in total. The summed E-state index contributed by atoms with van der Waals surface area (Å²) in [6.45, 7) is 7.14. The Morgan fingerprint density at radius 3 is 2.31 bits per heavy atom. The van der Waals surface area contributed by atoms with E-state index in [-0.39, 0.29) is 4.90 Å². The molecule has 0 aliphatic rings. The quantitative estimate of drug-likeness (QED) is 0.775. The Balaban J connectivity index is 3.22. The van der Waals surface area contributed by atoms with Crippen molar-refractivity contribution in [2.24, 2.45) is 0 Å². The fourth-order valence-electron chi connectivity index (χ4n) is 1.36. The molecule has 90 valence electrons. The molecule has 0 aliphatic heterocycles. The van der Waals surface area contributed by atoms with E-state index in [0.29, 0.717) is 11.3 Å². The highest BCUT2D eigenvalue weighted by Crippen LogP contribution is 2.19. The van der Waals surface area contributed by atoms with Crippen LogP contribution in [-0.4, -0.2) is 14.0 Å². The van der Waals surface area contributed by atoms with E-state index < -0.39 is 15.6 Å². The summed E-state index contributed by atoms with van der Waals surface area (Å²) in [5, 5.41) is 0. The molecule has 0 radical (unpaired) electrons. The van der Waals surface area contributed by atoms with Crippen molar-refractivity contribution < 1.29 is 8.42 Å². The van der Waals surface area contributed by atoms with Crippen molar-refractivity contribution >= 4 is 15.7 Å². The van der Waals surface area contributed by atoms with E-state index in [9.17, 15) is 8.42 Å². The fourth-order valence-corrected chi connectivity index (χ4v) is 3.06. The first-order chi connectivity index (χ1) is 7.12. The molecule has 0 bridgehead atoms. The van der Waals surface area contributed by atoms with Gasteiger partial charge in [0.05, 0.1) is 4.90 Å². The van der Waals surface area contributed by atoms with Crippen LogP contribution >= 0.6 is 0 Å². The molecule has 0 atom stereocenters. The number of sulfonamides is 1. The number of rotatable bonds is 2. The molecular weight excluding hydrogens is 224 g/mol. The highest BCUT2D eigenvalue weighted by atomic mass is 32.2. The Bertz CT molecular complexity index is 487. The van der Waals surface area contributed by atoms with Gasteiger partial charge in [-0.25, -0.2) is 13.1 Å². The van der Waals surface area contributed by atoms with Gasteiger partial charge in [0.25, 0.3) is 0 Å². The molecule has 0 aromatic heterocycles. The van der Waals surface area contributed by atoms with Crippen LogP contribution in [0.5, 0.6) is 0 Å².